The highest BCUT2D eigenvalue weighted by Gasteiger charge is 2.33. The number of nitrogens with zero attached hydrogens (tertiary/aromatic N) is 6. The van der Waals surface area contributed by atoms with Crippen molar-refractivity contribution >= 4 is 34.4 Å². The Labute approximate surface area is 318 Å². The lowest BCUT2D eigenvalue weighted by Crippen LogP contribution is -2.45. The van der Waals surface area contributed by atoms with E-state index in [0.717, 1.165) is 59.3 Å². The van der Waals surface area contributed by atoms with Gasteiger partial charge in [-0.1, -0.05) is 6.92 Å². The van der Waals surface area contributed by atoms with E-state index in [2.05, 4.69) is 21.2 Å². The lowest BCUT2D eigenvalue weighted by Gasteiger charge is -2.36. The quantitative estimate of drug-likeness (QED) is 0.351. The molecule has 0 aliphatic carbocycles. The van der Waals surface area contributed by atoms with E-state index in [1.165, 1.54) is 0 Å². The van der Waals surface area contributed by atoms with Gasteiger partial charge in [0.05, 0.1) is 58.3 Å². The van der Waals surface area contributed by atoms with E-state index in [0.29, 0.717) is 87.3 Å². The number of pyridine rings is 2. The average molecular weight is 746 g/mol. The third kappa shape index (κ3) is 8.13. The highest BCUT2D eigenvalue weighted by Crippen LogP contribution is 2.44. The van der Waals surface area contributed by atoms with Crippen molar-refractivity contribution < 1.29 is 33.3 Å². The van der Waals surface area contributed by atoms with Crippen LogP contribution in [0.25, 0.3) is 10.9 Å². The van der Waals surface area contributed by atoms with E-state index in [1.807, 2.05) is 37.8 Å². The summed E-state index contributed by atoms with van der Waals surface area (Å²) in [6.07, 6.45) is 3.72. The van der Waals surface area contributed by atoms with Crippen LogP contribution in [0.2, 0.25) is 0 Å². The molecule has 1 saturated heterocycles. The number of aromatic nitrogens is 2. The first kappa shape index (κ1) is 38.9. The highest BCUT2D eigenvalue weighted by atomic mass is 16.5. The number of ether oxygens (including phenoxy) is 4. The van der Waals surface area contributed by atoms with Crippen LogP contribution in [0.5, 0.6) is 23.1 Å². The van der Waals surface area contributed by atoms with Crippen molar-refractivity contribution in [1.29, 1.82) is 0 Å². The summed E-state index contributed by atoms with van der Waals surface area (Å²) in [6, 6.07) is 6.02. The second-order valence-corrected chi connectivity index (χ2v) is 14.7. The van der Waals surface area contributed by atoms with Crippen molar-refractivity contribution in [3.8, 4) is 23.1 Å². The molecule has 0 radical (unpaired) electrons. The number of amides is 3. The van der Waals surface area contributed by atoms with Crippen molar-refractivity contribution in [3.05, 3.63) is 40.6 Å². The summed E-state index contributed by atoms with van der Waals surface area (Å²) in [6.45, 7) is 10.5. The van der Waals surface area contributed by atoms with Gasteiger partial charge in [0.1, 0.15) is 5.82 Å². The van der Waals surface area contributed by atoms with Gasteiger partial charge in [-0.15, -0.1) is 0 Å². The maximum atomic E-state index is 13.5. The van der Waals surface area contributed by atoms with Crippen LogP contribution in [0, 0.1) is 5.92 Å². The largest absolute Gasteiger partial charge is 0.493 e. The van der Waals surface area contributed by atoms with Gasteiger partial charge in [-0.2, -0.15) is 0 Å². The first-order valence-corrected chi connectivity index (χ1v) is 19.1. The molecule has 14 heteroatoms. The number of methoxy groups -OCH3 is 4. The number of carbonyl (C=O) groups is 3. The molecule has 0 saturated carbocycles. The molecule has 3 aromatic rings. The molecule has 5 heterocycles. The van der Waals surface area contributed by atoms with E-state index in [9.17, 15) is 14.4 Å². The van der Waals surface area contributed by atoms with Crippen molar-refractivity contribution in [1.82, 2.24) is 30.0 Å². The zero-order valence-corrected chi connectivity index (χ0v) is 32.8. The second-order valence-electron chi connectivity index (χ2n) is 14.7. The summed E-state index contributed by atoms with van der Waals surface area (Å²) < 4.78 is 23.2. The Hall–Kier alpha value is -4.85. The van der Waals surface area contributed by atoms with Gasteiger partial charge in [-0.25, -0.2) is 9.97 Å². The Balaban J connectivity index is 1.45. The second kappa shape index (κ2) is 17.1. The maximum Gasteiger partial charge on any atom is 0.256 e. The number of anilines is 1. The fraction of sp³-hybridized carbons (Fsp3) is 0.575. The van der Waals surface area contributed by atoms with Crippen LogP contribution in [0.1, 0.15) is 80.1 Å². The maximum absolute atomic E-state index is 13.5. The topological polar surface area (TPSA) is 139 Å². The molecule has 1 unspecified atom stereocenters. The van der Waals surface area contributed by atoms with Gasteiger partial charge >= 0.3 is 0 Å². The smallest absolute Gasteiger partial charge is 0.256 e. The zero-order valence-electron chi connectivity index (χ0n) is 32.8. The number of benzene rings is 1. The number of piperidine rings is 1. The molecule has 0 spiro atoms. The number of hydrogen-bond donors (Lipinski definition) is 1. The van der Waals surface area contributed by atoms with Crippen LogP contribution >= 0.6 is 0 Å². The van der Waals surface area contributed by atoms with Crippen LogP contribution in [0.4, 0.5) is 5.82 Å². The summed E-state index contributed by atoms with van der Waals surface area (Å²) in [7, 11) is 6.43. The Morgan fingerprint density at radius 1 is 0.907 bits per heavy atom. The van der Waals surface area contributed by atoms with Crippen molar-refractivity contribution in [3.63, 3.8) is 0 Å². The molecule has 2 aromatic heterocycles. The van der Waals surface area contributed by atoms with Crippen molar-refractivity contribution in [2.75, 3.05) is 72.6 Å². The first-order valence-electron chi connectivity index (χ1n) is 19.1. The molecule has 2 bridgehead atoms. The summed E-state index contributed by atoms with van der Waals surface area (Å²) in [5.74, 6) is 2.94. The van der Waals surface area contributed by atoms with E-state index in [-0.39, 0.29) is 36.2 Å². The molecule has 54 heavy (non-hydrogen) atoms. The molecule has 3 aliphatic heterocycles. The minimum Gasteiger partial charge on any atom is -0.493 e. The lowest BCUT2D eigenvalue weighted by molar-refractivity contribution is -0.136. The molecule has 1 fully saturated rings. The van der Waals surface area contributed by atoms with Crippen LogP contribution in [0.15, 0.2) is 18.2 Å². The predicted molar refractivity (Wildman–Crippen MR) is 205 cm³/mol. The minimum atomic E-state index is -0.137. The third-order valence-corrected chi connectivity index (χ3v) is 10.8. The van der Waals surface area contributed by atoms with Gasteiger partial charge in [0.15, 0.2) is 11.5 Å². The molecule has 3 aliphatic rings. The first-order chi connectivity index (χ1) is 26.1. The molecule has 1 aromatic carbocycles. The predicted octanol–water partition coefficient (Wildman–Crippen LogP) is 4.40. The molecule has 1 N–H and O–H groups in total. The third-order valence-electron chi connectivity index (χ3n) is 10.8. The molecule has 3 amide bonds. The van der Waals surface area contributed by atoms with Gasteiger partial charge < -0.3 is 39.0 Å². The normalized spacial score (nSPS) is 18.7. The lowest BCUT2D eigenvalue weighted by atomic mass is 9.97. The van der Waals surface area contributed by atoms with Gasteiger partial charge in [0.2, 0.25) is 23.4 Å². The van der Waals surface area contributed by atoms with Crippen LogP contribution < -0.4 is 29.2 Å². The Bertz CT molecular complexity index is 1870. The minimum absolute atomic E-state index is 0.0220. The van der Waals surface area contributed by atoms with Crippen LogP contribution in [-0.4, -0.2) is 116 Å². The fourth-order valence-corrected chi connectivity index (χ4v) is 7.95. The van der Waals surface area contributed by atoms with Crippen LogP contribution in [0.3, 0.4) is 0 Å². The molecular formula is C40H55N7O7. The van der Waals surface area contributed by atoms with Gasteiger partial charge in [-0.3, -0.25) is 19.3 Å². The molecule has 6 rings (SSSR count). The highest BCUT2D eigenvalue weighted by molar-refractivity contribution is 5.98. The average Bonchev–Trinajstić information content (AvgIpc) is 3.50. The summed E-state index contributed by atoms with van der Waals surface area (Å²) >= 11 is 0. The SMILES string of the molecule is CCC(=O)N1CCCCN(Cc2cc3c(nc2OC)CN(C(C)C)C3=O)Cc2cc3c(OC)c(OC)c(OC)cc3nc2N2CCCC(CNC(=O)C1)C2. The molecule has 292 valence electrons. The molecule has 14 nitrogen and oxygen atoms in total. The standard InChI is InChI=1S/C40H55N7O7/c1-8-35(49)45-14-10-9-13-44(22-28-17-30-32(43-39(28)54-7)23-47(25(2)3)40(30)50)21-27-16-29-31(18-33(51-4)37(53-6)36(29)52-5)42-38(27)46-15-11-12-26(20-46)19-41-34(48)24-45/h16-18,25-26H,8-15,19-24H2,1-7H3,(H,41,48). The van der Waals surface area contributed by atoms with Gasteiger partial charge in [0, 0.05) is 74.3 Å². The monoisotopic (exact) mass is 745 g/mol. The van der Waals surface area contributed by atoms with E-state index < -0.39 is 0 Å². The number of carbonyl (C=O) groups excluding carboxylic acids is 3. The Kier molecular flexibility index (Phi) is 12.3. The number of hydrogen-bond acceptors (Lipinski definition) is 11. The fourth-order valence-electron chi connectivity index (χ4n) is 7.95. The molecule has 1 atom stereocenters. The summed E-state index contributed by atoms with van der Waals surface area (Å²) in [5.41, 5.74) is 3.88. The van der Waals surface area contributed by atoms with Crippen LogP contribution in [-0.2, 0) is 29.2 Å². The van der Waals surface area contributed by atoms with E-state index in [4.69, 9.17) is 28.9 Å². The van der Waals surface area contributed by atoms with E-state index >= 15 is 0 Å². The summed E-state index contributed by atoms with van der Waals surface area (Å²) in [5, 5.41) is 3.92. The van der Waals surface area contributed by atoms with E-state index in [1.54, 1.807) is 33.3 Å². The Morgan fingerprint density at radius 3 is 2.39 bits per heavy atom. The number of rotatable bonds is 8. The number of fused-ring (bicyclic) bond motifs is 6. The Morgan fingerprint density at radius 2 is 1.69 bits per heavy atom. The van der Waals surface area contributed by atoms with Crippen molar-refractivity contribution in [2.45, 2.75) is 78.6 Å². The zero-order chi connectivity index (χ0) is 38.5. The van der Waals surface area contributed by atoms with Gasteiger partial charge in [-0.05, 0) is 64.1 Å². The number of nitrogens with one attached hydrogen (secondary N) is 1. The van der Waals surface area contributed by atoms with Crippen molar-refractivity contribution in [2.24, 2.45) is 5.92 Å². The molecular weight excluding hydrogens is 690 g/mol. The summed E-state index contributed by atoms with van der Waals surface area (Å²) in [4.78, 5) is 57.8. The van der Waals surface area contributed by atoms with Gasteiger partial charge in [0.25, 0.3) is 5.91 Å².